The lowest BCUT2D eigenvalue weighted by atomic mass is 9.70. The predicted octanol–water partition coefficient (Wildman–Crippen LogP) is 6.48. The summed E-state index contributed by atoms with van der Waals surface area (Å²) in [6.07, 6.45) is 21.4. The van der Waals surface area contributed by atoms with Gasteiger partial charge in [-0.3, -0.25) is 0 Å². The maximum absolute atomic E-state index is 5.94. The minimum absolute atomic E-state index is 0.504. The third kappa shape index (κ3) is 5.68. The van der Waals surface area contributed by atoms with Crippen LogP contribution in [0.3, 0.4) is 0 Å². The molecule has 21 heavy (non-hydrogen) atoms. The van der Waals surface area contributed by atoms with Crippen LogP contribution in [0.1, 0.15) is 90.9 Å². The Bertz CT molecular complexity index is 288. The largest absolute Gasteiger partial charge is 0.498 e. The van der Waals surface area contributed by atoms with Crippen molar-refractivity contribution in [2.24, 2.45) is 17.8 Å². The van der Waals surface area contributed by atoms with E-state index < -0.39 is 0 Å². The molecule has 1 nitrogen and oxygen atoms in total. The summed E-state index contributed by atoms with van der Waals surface area (Å²) in [6, 6.07) is 0. The van der Waals surface area contributed by atoms with Gasteiger partial charge in [-0.05, 0) is 62.7 Å². The Morgan fingerprint density at radius 3 is 2.48 bits per heavy atom. The van der Waals surface area contributed by atoms with E-state index in [0.717, 1.165) is 24.2 Å². The van der Waals surface area contributed by atoms with Gasteiger partial charge in [0.05, 0.1) is 12.4 Å². The number of allylic oxidation sites excluding steroid dienone is 1. The minimum atomic E-state index is 0.504. The highest BCUT2D eigenvalue weighted by Crippen LogP contribution is 2.41. The Morgan fingerprint density at radius 2 is 1.76 bits per heavy atom. The van der Waals surface area contributed by atoms with Gasteiger partial charge in [0.1, 0.15) is 0 Å². The van der Waals surface area contributed by atoms with Crippen molar-refractivity contribution in [2.45, 2.75) is 97.0 Å². The predicted molar refractivity (Wildman–Crippen MR) is 91.2 cm³/mol. The zero-order valence-corrected chi connectivity index (χ0v) is 14.4. The Hall–Kier alpha value is -0.460. The smallest absolute Gasteiger partial charge is 0.0981 e. The summed E-state index contributed by atoms with van der Waals surface area (Å²) in [7, 11) is 0. The van der Waals surface area contributed by atoms with E-state index in [1.165, 1.54) is 70.6 Å². The van der Waals surface area contributed by atoms with E-state index in [1.807, 2.05) is 6.26 Å². The van der Waals surface area contributed by atoms with Crippen molar-refractivity contribution in [1.29, 1.82) is 0 Å². The molecule has 0 radical (unpaired) electrons. The molecule has 0 aromatic carbocycles. The van der Waals surface area contributed by atoms with Gasteiger partial charge in [-0.25, -0.2) is 0 Å². The van der Waals surface area contributed by atoms with E-state index in [2.05, 4.69) is 19.9 Å². The summed E-state index contributed by atoms with van der Waals surface area (Å²) >= 11 is 0. The van der Waals surface area contributed by atoms with Crippen molar-refractivity contribution >= 4 is 0 Å². The molecule has 1 heteroatoms. The van der Waals surface area contributed by atoms with Crippen LogP contribution in [0.25, 0.3) is 0 Å². The molecule has 0 N–H and O–H groups in total. The van der Waals surface area contributed by atoms with Crippen molar-refractivity contribution in [3.8, 4) is 0 Å². The molecule has 0 amide bonds. The summed E-state index contributed by atoms with van der Waals surface area (Å²) < 4.78 is 5.94. The lowest BCUT2D eigenvalue weighted by Gasteiger charge is -2.38. The van der Waals surface area contributed by atoms with Crippen LogP contribution in [0.5, 0.6) is 0 Å². The lowest BCUT2D eigenvalue weighted by molar-refractivity contribution is 0.0510. The molecule has 2 aliphatic rings. The molecule has 0 aliphatic heterocycles. The molecular weight excluding hydrogens is 256 g/mol. The SMILES string of the molecule is CCC=CO[C@@H]1CCC[C@@H]([C@H]2CC[C@H](CCCC)CC2)C1. The van der Waals surface area contributed by atoms with Crippen molar-refractivity contribution in [3.63, 3.8) is 0 Å². The molecule has 0 saturated heterocycles. The number of hydrogen-bond acceptors (Lipinski definition) is 1. The summed E-state index contributed by atoms with van der Waals surface area (Å²) in [6.45, 7) is 4.49. The highest BCUT2D eigenvalue weighted by molar-refractivity contribution is 4.84. The number of rotatable bonds is 7. The van der Waals surface area contributed by atoms with Gasteiger partial charge in [0.2, 0.25) is 0 Å². The van der Waals surface area contributed by atoms with Crippen molar-refractivity contribution in [3.05, 3.63) is 12.3 Å². The molecule has 122 valence electrons. The topological polar surface area (TPSA) is 9.23 Å². The van der Waals surface area contributed by atoms with Crippen LogP contribution in [-0.2, 0) is 4.74 Å². The van der Waals surface area contributed by atoms with Gasteiger partial charge in [-0.1, -0.05) is 52.0 Å². The fourth-order valence-corrected chi connectivity index (χ4v) is 4.44. The molecule has 2 atom stereocenters. The van der Waals surface area contributed by atoms with Crippen molar-refractivity contribution in [2.75, 3.05) is 0 Å². The molecule has 0 unspecified atom stereocenters. The molecule has 0 aromatic rings. The van der Waals surface area contributed by atoms with Crippen LogP contribution >= 0.6 is 0 Å². The maximum atomic E-state index is 5.94. The third-order valence-electron chi connectivity index (χ3n) is 5.79. The van der Waals surface area contributed by atoms with Crippen LogP contribution in [0, 0.1) is 17.8 Å². The minimum Gasteiger partial charge on any atom is -0.498 e. The number of unbranched alkanes of at least 4 members (excludes halogenated alkanes) is 1. The summed E-state index contributed by atoms with van der Waals surface area (Å²) in [4.78, 5) is 0. The van der Waals surface area contributed by atoms with Gasteiger partial charge in [0.25, 0.3) is 0 Å². The zero-order chi connectivity index (χ0) is 14.9. The molecule has 2 saturated carbocycles. The molecular formula is C20H36O. The van der Waals surface area contributed by atoms with Gasteiger partial charge in [-0.15, -0.1) is 0 Å². The molecule has 0 heterocycles. The van der Waals surface area contributed by atoms with E-state index in [0.29, 0.717) is 6.10 Å². The van der Waals surface area contributed by atoms with Crippen molar-refractivity contribution in [1.82, 2.24) is 0 Å². The molecule has 2 rings (SSSR count). The first-order valence-electron chi connectivity index (χ1n) is 9.63. The second-order valence-corrected chi connectivity index (χ2v) is 7.39. The third-order valence-corrected chi connectivity index (χ3v) is 5.79. The molecule has 0 aromatic heterocycles. The molecule has 2 fully saturated rings. The van der Waals surface area contributed by atoms with E-state index in [-0.39, 0.29) is 0 Å². The second-order valence-electron chi connectivity index (χ2n) is 7.39. The average Bonchev–Trinajstić information content (AvgIpc) is 2.54. The number of ether oxygens (including phenoxy) is 1. The highest BCUT2D eigenvalue weighted by atomic mass is 16.5. The van der Waals surface area contributed by atoms with E-state index in [1.54, 1.807) is 0 Å². The van der Waals surface area contributed by atoms with Gasteiger partial charge in [0.15, 0.2) is 0 Å². The van der Waals surface area contributed by atoms with Gasteiger partial charge >= 0.3 is 0 Å². The van der Waals surface area contributed by atoms with Gasteiger partial charge in [0, 0.05) is 0 Å². The quantitative estimate of drug-likeness (QED) is 0.488. The fraction of sp³-hybridized carbons (Fsp3) is 0.900. The number of hydrogen-bond donors (Lipinski definition) is 0. The Kier molecular flexibility index (Phi) is 7.68. The van der Waals surface area contributed by atoms with Crippen LogP contribution in [0.15, 0.2) is 12.3 Å². The van der Waals surface area contributed by atoms with E-state index in [4.69, 9.17) is 4.74 Å². The normalized spacial score (nSPS) is 34.2. The van der Waals surface area contributed by atoms with Gasteiger partial charge < -0.3 is 4.74 Å². The second kappa shape index (κ2) is 9.54. The first-order chi connectivity index (χ1) is 10.3. The summed E-state index contributed by atoms with van der Waals surface area (Å²) in [5.41, 5.74) is 0. The first kappa shape index (κ1) is 16.9. The van der Waals surface area contributed by atoms with Crippen LogP contribution in [0.2, 0.25) is 0 Å². The van der Waals surface area contributed by atoms with Crippen molar-refractivity contribution < 1.29 is 4.74 Å². The molecule has 2 aliphatic carbocycles. The Labute approximate surface area is 132 Å². The van der Waals surface area contributed by atoms with Crippen LogP contribution in [-0.4, -0.2) is 6.10 Å². The van der Waals surface area contributed by atoms with E-state index in [9.17, 15) is 0 Å². The van der Waals surface area contributed by atoms with Crippen LogP contribution in [0.4, 0.5) is 0 Å². The monoisotopic (exact) mass is 292 g/mol. The Morgan fingerprint density at radius 1 is 0.952 bits per heavy atom. The fourth-order valence-electron chi connectivity index (χ4n) is 4.44. The van der Waals surface area contributed by atoms with Crippen LogP contribution < -0.4 is 0 Å². The van der Waals surface area contributed by atoms with Gasteiger partial charge in [-0.2, -0.15) is 0 Å². The molecule has 0 bridgehead atoms. The zero-order valence-electron chi connectivity index (χ0n) is 14.4. The average molecular weight is 293 g/mol. The Balaban J connectivity index is 1.71. The van der Waals surface area contributed by atoms with E-state index >= 15 is 0 Å². The molecule has 0 spiro atoms. The highest BCUT2D eigenvalue weighted by Gasteiger charge is 2.31. The maximum Gasteiger partial charge on any atom is 0.0981 e. The standard InChI is InChI=1S/C20H36O/c1-3-5-8-17-11-13-18(14-12-17)19-9-7-10-20(16-19)21-15-6-4-2/h6,15,17-20H,3-5,7-14,16H2,1-2H3/t17-,18-,19-,20-/m1/s1. The lowest BCUT2D eigenvalue weighted by Crippen LogP contribution is -2.29. The summed E-state index contributed by atoms with van der Waals surface area (Å²) in [5, 5.41) is 0. The summed E-state index contributed by atoms with van der Waals surface area (Å²) in [5.74, 6) is 3.00. The first-order valence-corrected chi connectivity index (χ1v) is 9.63.